The molecular weight excluding hydrogens is 260 g/mol. The molecule has 0 saturated heterocycles. The Balaban J connectivity index is 2.41. The van der Waals surface area contributed by atoms with Crippen LogP contribution >= 0.6 is 0 Å². The minimum atomic E-state index is 0.0392. The number of ether oxygens (including phenoxy) is 1. The quantitative estimate of drug-likeness (QED) is 0.913. The van der Waals surface area contributed by atoms with E-state index in [0.717, 1.165) is 23.6 Å². The smallest absolute Gasteiger partial charge is 0.135 e. The van der Waals surface area contributed by atoms with E-state index in [1.54, 1.807) is 6.20 Å². The molecule has 112 valence electrons. The third-order valence-corrected chi connectivity index (χ3v) is 3.39. The molecule has 1 N–H and O–H groups in total. The average Bonchev–Trinajstić information content (AvgIpc) is 2.42. The SMILES string of the molecule is CNCc1cnccc1Oc1ccc(C)cc1C(C)(C)C. The van der Waals surface area contributed by atoms with Crippen molar-refractivity contribution in [3.63, 3.8) is 0 Å². The number of aromatic nitrogens is 1. The van der Waals surface area contributed by atoms with Gasteiger partial charge in [-0.3, -0.25) is 4.98 Å². The second-order valence-corrected chi connectivity index (χ2v) is 6.37. The van der Waals surface area contributed by atoms with Crippen LogP contribution in [0.2, 0.25) is 0 Å². The Morgan fingerprint density at radius 2 is 1.90 bits per heavy atom. The summed E-state index contributed by atoms with van der Waals surface area (Å²) in [5.74, 6) is 1.77. The molecule has 2 rings (SSSR count). The Morgan fingerprint density at radius 3 is 2.57 bits per heavy atom. The van der Waals surface area contributed by atoms with Gasteiger partial charge in [-0.1, -0.05) is 38.5 Å². The molecular formula is C18H24N2O. The van der Waals surface area contributed by atoms with Gasteiger partial charge in [-0.05, 0) is 31.5 Å². The summed E-state index contributed by atoms with van der Waals surface area (Å²) < 4.78 is 6.19. The van der Waals surface area contributed by atoms with Gasteiger partial charge in [0.15, 0.2) is 0 Å². The Bertz CT molecular complexity index is 615. The van der Waals surface area contributed by atoms with Crippen LogP contribution < -0.4 is 10.1 Å². The van der Waals surface area contributed by atoms with Crippen molar-refractivity contribution in [3.8, 4) is 11.5 Å². The molecule has 0 unspecified atom stereocenters. The summed E-state index contributed by atoms with van der Waals surface area (Å²) in [5.41, 5.74) is 3.56. The zero-order valence-corrected chi connectivity index (χ0v) is 13.5. The van der Waals surface area contributed by atoms with E-state index in [9.17, 15) is 0 Å². The van der Waals surface area contributed by atoms with Crippen LogP contribution in [0.4, 0.5) is 0 Å². The monoisotopic (exact) mass is 284 g/mol. The molecule has 2 aromatic rings. The number of rotatable bonds is 4. The molecule has 1 aromatic carbocycles. The number of nitrogens with zero attached hydrogens (tertiary/aromatic N) is 1. The first-order valence-electron chi connectivity index (χ1n) is 7.28. The molecule has 0 bridgehead atoms. The Morgan fingerprint density at radius 1 is 1.14 bits per heavy atom. The van der Waals surface area contributed by atoms with Crippen LogP contribution in [0.25, 0.3) is 0 Å². The number of pyridine rings is 1. The van der Waals surface area contributed by atoms with E-state index < -0.39 is 0 Å². The van der Waals surface area contributed by atoms with Crippen molar-refractivity contribution in [1.29, 1.82) is 0 Å². The van der Waals surface area contributed by atoms with E-state index in [2.05, 4.69) is 56.2 Å². The second kappa shape index (κ2) is 6.27. The van der Waals surface area contributed by atoms with Gasteiger partial charge in [0, 0.05) is 30.1 Å². The van der Waals surface area contributed by atoms with E-state index in [1.807, 2.05) is 19.3 Å². The minimum Gasteiger partial charge on any atom is -0.457 e. The van der Waals surface area contributed by atoms with Crippen LogP contribution in [0, 0.1) is 6.92 Å². The molecule has 3 heteroatoms. The first-order valence-corrected chi connectivity index (χ1v) is 7.28. The Kier molecular flexibility index (Phi) is 4.63. The molecule has 0 atom stereocenters. The highest BCUT2D eigenvalue weighted by Gasteiger charge is 2.20. The zero-order valence-electron chi connectivity index (χ0n) is 13.5. The normalized spacial score (nSPS) is 11.5. The van der Waals surface area contributed by atoms with Crippen molar-refractivity contribution in [1.82, 2.24) is 10.3 Å². The van der Waals surface area contributed by atoms with Crippen molar-refractivity contribution < 1.29 is 4.74 Å². The van der Waals surface area contributed by atoms with Gasteiger partial charge in [-0.25, -0.2) is 0 Å². The van der Waals surface area contributed by atoms with Crippen LogP contribution in [0.1, 0.15) is 37.5 Å². The van der Waals surface area contributed by atoms with Crippen LogP contribution in [-0.2, 0) is 12.0 Å². The number of aryl methyl sites for hydroxylation is 1. The molecule has 0 aliphatic rings. The molecule has 0 fully saturated rings. The van der Waals surface area contributed by atoms with Gasteiger partial charge in [0.2, 0.25) is 0 Å². The van der Waals surface area contributed by atoms with E-state index >= 15 is 0 Å². The summed E-state index contributed by atoms with van der Waals surface area (Å²) >= 11 is 0. The summed E-state index contributed by atoms with van der Waals surface area (Å²) in [5, 5.41) is 3.14. The first-order chi connectivity index (χ1) is 9.91. The Labute approximate surface area is 127 Å². The largest absolute Gasteiger partial charge is 0.457 e. The summed E-state index contributed by atoms with van der Waals surface area (Å²) in [7, 11) is 1.92. The molecule has 0 aliphatic carbocycles. The van der Waals surface area contributed by atoms with Crippen LogP contribution in [0.15, 0.2) is 36.7 Å². The molecule has 3 nitrogen and oxygen atoms in total. The zero-order chi connectivity index (χ0) is 15.5. The second-order valence-electron chi connectivity index (χ2n) is 6.37. The van der Waals surface area contributed by atoms with Crippen molar-refractivity contribution in [2.45, 2.75) is 39.7 Å². The molecule has 21 heavy (non-hydrogen) atoms. The average molecular weight is 284 g/mol. The molecule has 0 saturated carbocycles. The van der Waals surface area contributed by atoms with E-state index in [-0.39, 0.29) is 5.41 Å². The topological polar surface area (TPSA) is 34.2 Å². The van der Waals surface area contributed by atoms with Gasteiger partial charge in [-0.15, -0.1) is 0 Å². The molecule has 0 spiro atoms. The summed E-state index contributed by atoms with van der Waals surface area (Å²) in [6.07, 6.45) is 3.61. The highest BCUT2D eigenvalue weighted by Crippen LogP contribution is 2.35. The summed E-state index contributed by atoms with van der Waals surface area (Å²) in [6.45, 7) is 9.46. The van der Waals surface area contributed by atoms with Gasteiger partial charge in [0.25, 0.3) is 0 Å². The lowest BCUT2D eigenvalue weighted by Crippen LogP contribution is -2.13. The van der Waals surface area contributed by atoms with Crippen LogP contribution in [0.3, 0.4) is 0 Å². The van der Waals surface area contributed by atoms with Gasteiger partial charge in [0.1, 0.15) is 11.5 Å². The third-order valence-electron chi connectivity index (χ3n) is 3.39. The lowest BCUT2D eigenvalue weighted by atomic mass is 9.85. The molecule has 0 aliphatic heterocycles. The maximum absolute atomic E-state index is 6.19. The Hall–Kier alpha value is -1.87. The molecule has 0 amide bonds. The maximum Gasteiger partial charge on any atom is 0.135 e. The summed E-state index contributed by atoms with van der Waals surface area (Å²) in [6, 6.07) is 8.26. The number of hydrogen-bond donors (Lipinski definition) is 1. The van der Waals surface area contributed by atoms with Gasteiger partial charge < -0.3 is 10.1 Å². The fraction of sp³-hybridized carbons (Fsp3) is 0.389. The maximum atomic E-state index is 6.19. The minimum absolute atomic E-state index is 0.0392. The molecule has 1 aromatic heterocycles. The van der Waals surface area contributed by atoms with Crippen molar-refractivity contribution in [2.24, 2.45) is 0 Å². The lowest BCUT2D eigenvalue weighted by molar-refractivity contribution is 0.448. The van der Waals surface area contributed by atoms with Gasteiger partial charge >= 0.3 is 0 Å². The lowest BCUT2D eigenvalue weighted by Gasteiger charge is -2.23. The fourth-order valence-electron chi connectivity index (χ4n) is 2.27. The highest BCUT2D eigenvalue weighted by atomic mass is 16.5. The van der Waals surface area contributed by atoms with Gasteiger partial charge in [-0.2, -0.15) is 0 Å². The van der Waals surface area contributed by atoms with E-state index in [1.165, 1.54) is 11.1 Å². The predicted octanol–water partition coefficient (Wildman–Crippen LogP) is 4.20. The summed E-state index contributed by atoms with van der Waals surface area (Å²) in [4.78, 5) is 4.17. The molecule has 1 heterocycles. The van der Waals surface area contributed by atoms with Crippen molar-refractivity contribution in [2.75, 3.05) is 7.05 Å². The predicted molar refractivity (Wildman–Crippen MR) is 87.0 cm³/mol. The molecule has 0 radical (unpaired) electrons. The van der Waals surface area contributed by atoms with Crippen LogP contribution in [-0.4, -0.2) is 12.0 Å². The highest BCUT2D eigenvalue weighted by molar-refractivity contribution is 5.45. The third kappa shape index (κ3) is 3.82. The van der Waals surface area contributed by atoms with Crippen molar-refractivity contribution >= 4 is 0 Å². The van der Waals surface area contributed by atoms with Crippen LogP contribution in [0.5, 0.6) is 11.5 Å². The number of benzene rings is 1. The van der Waals surface area contributed by atoms with Crippen molar-refractivity contribution in [3.05, 3.63) is 53.3 Å². The van der Waals surface area contributed by atoms with Gasteiger partial charge in [0.05, 0.1) is 0 Å². The number of nitrogens with one attached hydrogen (secondary N) is 1. The van der Waals surface area contributed by atoms with E-state index in [0.29, 0.717) is 0 Å². The fourth-order valence-corrected chi connectivity index (χ4v) is 2.27. The standard InChI is InChI=1S/C18H24N2O/c1-13-6-7-17(15(10-13)18(2,3)4)21-16-8-9-20-12-14(16)11-19-5/h6-10,12,19H,11H2,1-5H3. The first kappa shape index (κ1) is 15.5. The number of hydrogen-bond acceptors (Lipinski definition) is 3. The van der Waals surface area contributed by atoms with E-state index in [4.69, 9.17) is 4.74 Å².